The first-order chi connectivity index (χ1) is 9.62. The average Bonchev–Trinajstić information content (AvgIpc) is 2.40. The highest BCUT2D eigenvalue weighted by molar-refractivity contribution is 5.85. The summed E-state index contributed by atoms with van der Waals surface area (Å²) in [6.07, 6.45) is 8.60. The van der Waals surface area contributed by atoms with E-state index in [0.29, 0.717) is 32.1 Å². The van der Waals surface area contributed by atoms with Crippen LogP contribution in [0.2, 0.25) is 0 Å². The van der Waals surface area contributed by atoms with Gasteiger partial charge in [-0.25, -0.2) is 0 Å². The number of nitrogens with one attached hydrogen (secondary N) is 1. The van der Waals surface area contributed by atoms with E-state index in [4.69, 9.17) is 9.84 Å². The molecule has 5 nitrogen and oxygen atoms in total. The number of amides is 1. The first kappa shape index (κ1) is 15.3. The van der Waals surface area contributed by atoms with E-state index in [0.717, 1.165) is 19.3 Å². The number of rotatable bonds is 7. The maximum Gasteiger partial charge on any atom is 0.310 e. The van der Waals surface area contributed by atoms with Crippen molar-refractivity contribution in [2.45, 2.75) is 63.9 Å². The van der Waals surface area contributed by atoms with Gasteiger partial charge in [0, 0.05) is 13.0 Å². The Bertz CT molecular complexity index is 346. The Morgan fingerprint density at radius 1 is 1.15 bits per heavy atom. The lowest BCUT2D eigenvalue weighted by molar-refractivity contribution is -0.157. The SMILES string of the molecule is O=C(CC1(C(=O)O)CCC1)NCCOC1CCCCC1. The van der Waals surface area contributed by atoms with Crippen molar-refractivity contribution in [2.75, 3.05) is 13.2 Å². The summed E-state index contributed by atoms with van der Waals surface area (Å²) < 4.78 is 5.72. The zero-order valence-electron chi connectivity index (χ0n) is 12.0. The molecular formula is C15H25NO4. The van der Waals surface area contributed by atoms with Crippen LogP contribution in [-0.4, -0.2) is 36.2 Å². The van der Waals surface area contributed by atoms with Gasteiger partial charge in [0.2, 0.25) is 5.91 Å². The molecular weight excluding hydrogens is 258 g/mol. The Balaban J connectivity index is 1.59. The Kier molecular flexibility index (Phi) is 5.40. The minimum Gasteiger partial charge on any atom is -0.481 e. The van der Waals surface area contributed by atoms with Crippen molar-refractivity contribution in [3.05, 3.63) is 0 Å². The van der Waals surface area contributed by atoms with Crippen LogP contribution in [-0.2, 0) is 14.3 Å². The molecule has 2 N–H and O–H groups in total. The van der Waals surface area contributed by atoms with Crippen molar-refractivity contribution >= 4 is 11.9 Å². The molecule has 0 unspecified atom stereocenters. The molecule has 0 saturated heterocycles. The second kappa shape index (κ2) is 7.07. The molecule has 2 aliphatic carbocycles. The molecule has 0 radical (unpaired) electrons. The molecule has 20 heavy (non-hydrogen) atoms. The van der Waals surface area contributed by atoms with Gasteiger partial charge in [0.05, 0.1) is 18.1 Å². The summed E-state index contributed by atoms with van der Waals surface area (Å²) >= 11 is 0. The van der Waals surface area contributed by atoms with Gasteiger partial charge in [0.1, 0.15) is 0 Å². The third kappa shape index (κ3) is 3.95. The molecule has 0 bridgehead atoms. The molecule has 0 aromatic rings. The third-order valence-corrected chi connectivity index (χ3v) is 4.59. The van der Waals surface area contributed by atoms with Gasteiger partial charge in [-0.05, 0) is 25.7 Å². The second-order valence-corrected chi connectivity index (χ2v) is 6.10. The van der Waals surface area contributed by atoms with E-state index < -0.39 is 11.4 Å². The number of aliphatic carboxylic acids is 1. The third-order valence-electron chi connectivity index (χ3n) is 4.59. The number of hydrogen-bond donors (Lipinski definition) is 2. The van der Waals surface area contributed by atoms with Gasteiger partial charge in [0.15, 0.2) is 0 Å². The van der Waals surface area contributed by atoms with Gasteiger partial charge in [-0.15, -0.1) is 0 Å². The maximum absolute atomic E-state index is 11.8. The van der Waals surface area contributed by atoms with Crippen LogP contribution in [0.1, 0.15) is 57.8 Å². The average molecular weight is 283 g/mol. The molecule has 0 aromatic carbocycles. The summed E-state index contributed by atoms with van der Waals surface area (Å²) in [5, 5.41) is 11.9. The van der Waals surface area contributed by atoms with Gasteiger partial charge >= 0.3 is 5.97 Å². The van der Waals surface area contributed by atoms with Crippen molar-refractivity contribution in [1.29, 1.82) is 0 Å². The smallest absolute Gasteiger partial charge is 0.310 e. The predicted molar refractivity (Wildman–Crippen MR) is 74.4 cm³/mol. The Morgan fingerprint density at radius 2 is 1.85 bits per heavy atom. The van der Waals surface area contributed by atoms with Gasteiger partial charge in [-0.3, -0.25) is 9.59 Å². The Hall–Kier alpha value is -1.10. The monoisotopic (exact) mass is 283 g/mol. The molecule has 0 aliphatic heterocycles. The fourth-order valence-electron chi connectivity index (χ4n) is 3.09. The van der Waals surface area contributed by atoms with Crippen LogP contribution in [0.4, 0.5) is 0 Å². The molecule has 2 rings (SSSR count). The zero-order chi connectivity index (χ0) is 14.4. The van der Waals surface area contributed by atoms with Gasteiger partial charge in [-0.1, -0.05) is 25.7 Å². The lowest BCUT2D eigenvalue weighted by Gasteiger charge is -2.36. The molecule has 114 valence electrons. The summed E-state index contributed by atoms with van der Waals surface area (Å²) in [6, 6.07) is 0. The second-order valence-electron chi connectivity index (χ2n) is 6.10. The predicted octanol–water partition coefficient (Wildman–Crippen LogP) is 2.10. The van der Waals surface area contributed by atoms with Crippen molar-refractivity contribution in [2.24, 2.45) is 5.41 Å². The molecule has 1 amide bonds. The number of carboxylic acid groups (broad SMARTS) is 1. The number of carboxylic acids is 1. The van der Waals surface area contributed by atoms with E-state index in [-0.39, 0.29) is 12.3 Å². The molecule has 0 aromatic heterocycles. The summed E-state index contributed by atoms with van der Waals surface area (Å²) in [7, 11) is 0. The number of hydrogen-bond acceptors (Lipinski definition) is 3. The van der Waals surface area contributed by atoms with Crippen LogP contribution in [0.25, 0.3) is 0 Å². The fraction of sp³-hybridized carbons (Fsp3) is 0.867. The molecule has 2 aliphatic rings. The van der Waals surface area contributed by atoms with E-state index >= 15 is 0 Å². The van der Waals surface area contributed by atoms with E-state index in [1.807, 2.05) is 0 Å². The minimum atomic E-state index is -0.836. The highest BCUT2D eigenvalue weighted by Crippen LogP contribution is 2.44. The lowest BCUT2D eigenvalue weighted by Crippen LogP contribution is -2.43. The standard InChI is InChI=1S/C15H25NO4/c17-13(11-15(14(18)19)7-4-8-15)16-9-10-20-12-5-2-1-3-6-12/h12H,1-11H2,(H,16,17)(H,18,19). The number of carbonyl (C=O) groups excluding carboxylic acids is 1. The van der Waals surface area contributed by atoms with Crippen molar-refractivity contribution in [1.82, 2.24) is 5.32 Å². The molecule has 2 saturated carbocycles. The van der Waals surface area contributed by atoms with E-state index in [2.05, 4.69) is 5.32 Å². The quantitative estimate of drug-likeness (QED) is 0.702. The summed E-state index contributed by atoms with van der Waals surface area (Å²) in [5.74, 6) is -1.00. The van der Waals surface area contributed by atoms with Crippen LogP contribution in [0.3, 0.4) is 0 Å². The van der Waals surface area contributed by atoms with E-state index in [1.54, 1.807) is 0 Å². The van der Waals surface area contributed by atoms with Crippen LogP contribution in [0, 0.1) is 5.41 Å². The summed E-state index contributed by atoms with van der Waals surface area (Å²) in [4.78, 5) is 22.9. The number of ether oxygens (including phenoxy) is 1. The largest absolute Gasteiger partial charge is 0.481 e. The molecule has 2 fully saturated rings. The summed E-state index contributed by atoms with van der Waals surface area (Å²) in [5.41, 5.74) is -0.797. The highest BCUT2D eigenvalue weighted by atomic mass is 16.5. The van der Waals surface area contributed by atoms with Gasteiger partial charge in [-0.2, -0.15) is 0 Å². The fourth-order valence-corrected chi connectivity index (χ4v) is 3.09. The van der Waals surface area contributed by atoms with E-state index in [9.17, 15) is 9.59 Å². The van der Waals surface area contributed by atoms with Crippen LogP contribution >= 0.6 is 0 Å². The van der Waals surface area contributed by atoms with Crippen molar-refractivity contribution in [3.63, 3.8) is 0 Å². The molecule has 0 atom stereocenters. The van der Waals surface area contributed by atoms with Crippen LogP contribution in [0.15, 0.2) is 0 Å². The minimum absolute atomic E-state index is 0.103. The molecule has 0 spiro atoms. The normalized spacial score (nSPS) is 22.0. The zero-order valence-corrected chi connectivity index (χ0v) is 12.0. The molecule has 0 heterocycles. The van der Waals surface area contributed by atoms with Crippen LogP contribution < -0.4 is 5.32 Å². The van der Waals surface area contributed by atoms with Gasteiger partial charge in [0.25, 0.3) is 0 Å². The van der Waals surface area contributed by atoms with Gasteiger partial charge < -0.3 is 15.2 Å². The van der Waals surface area contributed by atoms with Crippen molar-refractivity contribution < 1.29 is 19.4 Å². The Labute approximate surface area is 120 Å². The van der Waals surface area contributed by atoms with Crippen molar-refractivity contribution in [3.8, 4) is 0 Å². The van der Waals surface area contributed by atoms with Crippen LogP contribution in [0.5, 0.6) is 0 Å². The first-order valence-corrected chi connectivity index (χ1v) is 7.74. The first-order valence-electron chi connectivity index (χ1n) is 7.74. The Morgan fingerprint density at radius 3 is 2.40 bits per heavy atom. The summed E-state index contributed by atoms with van der Waals surface area (Å²) in [6.45, 7) is 1.00. The number of carbonyl (C=O) groups is 2. The molecule has 5 heteroatoms. The highest BCUT2D eigenvalue weighted by Gasteiger charge is 2.45. The van der Waals surface area contributed by atoms with E-state index in [1.165, 1.54) is 19.3 Å². The topological polar surface area (TPSA) is 75.6 Å². The lowest BCUT2D eigenvalue weighted by atomic mass is 9.66. The maximum atomic E-state index is 11.8.